The van der Waals surface area contributed by atoms with Crippen LogP contribution < -0.4 is 10.2 Å². The number of nitrogens with zero attached hydrogens (tertiary/aromatic N) is 2. The standard InChI is InChI=1S/C25H35N3O4/c1-24(2,28-10-8-27(9-11-28)20-6-4-3-5-7-20)22(29)26-21-18-12-17-13-19(21)16-25(14-17,15-18)32-23(30)31/h3-7,17-19,21H,8-16H2,1-2H3,(H,26,29)(H,30,31). The molecular formula is C25H35N3O4. The van der Waals surface area contributed by atoms with E-state index in [0.29, 0.717) is 17.8 Å². The molecule has 174 valence electrons. The molecule has 2 N–H and O–H groups in total. The summed E-state index contributed by atoms with van der Waals surface area (Å²) in [5.41, 5.74) is 0.139. The Morgan fingerprint density at radius 1 is 1.03 bits per heavy atom. The maximum atomic E-state index is 13.5. The van der Waals surface area contributed by atoms with Gasteiger partial charge in [-0.1, -0.05) is 18.2 Å². The van der Waals surface area contributed by atoms with E-state index in [2.05, 4.69) is 39.4 Å². The van der Waals surface area contributed by atoms with Gasteiger partial charge in [-0.3, -0.25) is 9.69 Å². The molecule has 1 aromatic carbocycles. The fourth-order valence-electron chi connectivity index (χ4n) is 7.13. The molecule has 0 radical (unpaired) electrons. The second-order valence-corrected chi connectivity index (χ2v) is 10.9. The highest BCUT2D eigenvalue weighted by molar-refractivity contribution is 5.85. The minimum Gasteiger partial charge on any atom is -0.450 e. The van der Waals surface area contributed by atoms with Crippen LogP contribution in [-0.4, -0.2) is 65.4 Å². The van der Waals surface area contributed by atoms with Crippen LogP contribution in [0, 0.1) is 17.8 Å². The molecule has 32 heavy (non-hydrogen) atoms. The van der Waals surface area contributed by atoms with Crippen LogP contribution in [0.25, 0.3) is 0 Å². The van der Waals surface area contributed by atoms with Gasteiger partial charge >= 0.3 is 6.16 Å². The van der Waals surface area contributed by atoms with E-state index < -0.39 is 17.3 Å². The lowest BCUT2D eigenvalue weighted by molar-refractivity contribution is -0.157. The van der Waals surface area contributed by atoms with Crippen molar-refractivity contribution in [3.05, 3.63) is 30.3 Å². The lowest BCUT2D eigenvalue weighted by atomic mass is 9.52. The quantitative estimate of drug-likeness (QED) is 0.682. The Kier molecular flexibility index (Phi) is 5.35. The van der Waals surface area contributed by atoms with Gasteiger partial charge in [0.05, 0.1) is 5.54 Å². The number of benzene rings is 1. The minimum absolute atomic E-state index is 0.0938. The molecule has 2 atom stereocenters. The summed E-state index contributed by atoms with van der Waals surface area (Å²) in [6.45, 7) is 7.59. The molecular weight excluding hydrogens is 406 g/mol. The second-order valence-electron chi connectivity index (χ2n) is 10.9. The maximum Gasteiger partial charge on any atom is 0.506 e. The van der Waals surface area contributed by atoms with Gasteiger partial charge in [-0.2, -0.15) is 0 Å². The van der Waals surface area contributed by atoms with E-state index in [9.17, 15) is 14.7 Å². The van der Waals surface area contributed by atoms with Crippen LogP contribution in [0.1, 0.15) is 46.0 Å². The summed E-state index contributed by atoms with van der Waals surface area (Å²) in [4.78, 5) is 29.4. The van der Waals surface area contributed by atoms with E-state index in [1.165, 1.54) is 5.69 Å². The van der Waals surface area contributed by atoms with E-state index in [1.54, 1.807) is 0 Å². The summed E-state index contributed by atoms with van der Waals surface area (Å²) >= 11 is 0. The molecule has 0 aromatic heterocycles. The van der Waals surface area contributed by atoms with Gasteiger partial charge in [-0.05, 0) is 75.8 Å². The van der Waals surface area contributed by atoms with E-state index in [1.807, 2.05) is 19.9 Å². The van der Waals surface area contributed by atoms with Crippen molar-refractivity contribution in [1.82, 2.24) is 10.2 Å². The lowest BCUT2D eigenvalue weighted by Gasteiger charge is -2.59. The van der Waals surface area contributed by atoms with Crippen LogP contribution in [0.15, 0.2) is 30.3 Å². The highest BCUT2D eigenvalue weighted by Crippen LogP contribution is 2.57. The van der Waals surface area contributed by atoms with Gasteiger partial charge in [0.25, 0.3) is 0 Å². The number of amides is 1. The molecule has 1 amide bonds. The number of para-hydroxylation sites is 1. The molecule has 4 saturated carbocycles. The van der Waals surface area contributed by atoms with Crippen LogP contribution in [-0.2, 0) is 9.53 Å². The largest absolute Gasteiger partial charge is 0.506 e. The predicted molar refractivity (Wildman–Crippen MR) is 122 cm³/mol. The third-order valence-electron chi connectivity index (χ3n) is 8.57. The Morgan fingerprint density at radius 3 is 2.25 bits per heavy atom. The molecule has 5 aliphatic rings. The van der Waals surface area contributed by atoms with Gasteiger partial charge in [0.15, 0.2) is 0 Å². The summed E-state index contributed by atoms with van der Waals surface area (Å²) in [6, 6.07) is 10.6. The molecule has 7 heteroatoms. The van der Waals surface area contributed by atoms with E-state index in [0.717, 1.165) is 58.3 Å². The fourth-order valence-corrected chi connectivity index (χ4v) is 7.13. The molecule has 4 aliphatic carbocycles. The number of anilines is 1. The highest BCUT2D eigenvalue weighted by atomic mass is 16.7. The van der Waals surface area contributed by atoms with Gasteiger partial charge in [0, 0.05) is 37.9 Å². The second kappa shape index (κ2) is 7.94. The molecule has 6 rings (SSSR count). The van der Waals surface area contributed by atoms with Crippen molar-refractivity contribution < 1.29 is 19.4 Å². The van der Waals surface area contributed by atoms with Crippen LogP contribution in [0.5, 0.6) is 0 Å². The first kappa shape index (κ1) is 21.6. The summed E-state index contributed by atoms with van der Waals surface area (Å²) in [7, 11) is 0. The number of carboxylic acid groups (broad SMARTS) is 1. The Bertz CT molecular complexity index is 849. The van der Waals surface area contributed by atoms with Crippen LogP contribution >= 0.6 is 0 Å². The summed E-state index contributed by atoms with van der Waals surface area (Å²) in [5.74, 6) is 1.25. The molecule has 1 aromatic rings. The first-order chi connectivity index (χ1) is 15.3. The van der Waals surface area contributed by atoms with E-state index >= 15 is 0 Å². The third-order valence-corrected chi connectivity index (χ3v) is 8.57. The predicted octanol–water partition coefficient (Wildman–Crippen LogP) is 3.35. The normalized spacial score (nSPS) is 34.4. The summed E-state index contributed by atoms with van der Waals surface area (Å²) in [6.07, 6.45) is 3.32. The summed E-state index contributed by atoms with van der Waals surface area (Å²) < 4.78 is 5.40. The molecule has 2 unspecified atom stereocenters. The molecule has 1 saturated heterocycles. The summed E-state index contributed by atoms with van der Waals surface area (Å²) in [5, 5.41) is 12.6. The van der Waals surface area contributed by atoms with Crippen LogP contribution in [0.4, 0.5) is 10.5 Å². The fraction of sp³-hybridized carbons (Fsp3) is 0.680. The van der Waals surface area contributed by atoms with Gasteiger partial charge in [-0.15, -0.1) is 0 Å². The molecule has 4 bridgehead atoms. The van der Waals surface area contributed by atoms with Crippen LogP contribution in [0.2, 0.25) is 0 Å². The average Bonchev–Trinajstić information content (AvgIpc) is 2.75. The van der Waals surface area contributed by atoms with Crippen molar-refractivity contribution in [2.24, 2.45) is 17.8 Å². The maximum absolute atomic E-state index is 13.5. The van der Waals surface area contributed by atoms with Gasteiger partial charge in [0.2, 0.25) is 5.91 Å². The van der Waals surface area contributed by atoms with Crippen molar-refractivity contribution in [2.45, 2.75) is 63.1 Å². The third kappa shape index (κ3) is 3.85. The van der Waals surface area contributed by atoms with Crippen molar-refractivity contribution in [3.8, 4) is 0 Å². The number of carbonyl (C=O) groups is 2. The number of hydrogen-bond acceptors (Lipinski definition) is 5. The Labute approximate surface area is 190 Å². The number of carbonyl (C=O) groups excluding carboxylic acids is 1. The topological polar surface area (TPSA) is 82.1 Å². The first-order valence-electron chi connectivity index (χ1n) is 12.0. The smallest absolute Gasteiger partial charge is 0.450 e. The molecule has 7 nitrogen and oxygen atoms in total. The van der Waals surface area contributed by atoms with Gasteiger partial charge in [0.1, 0.15) is 5.60 Å². The number of piperazine rings is 1. The zero-order chi connectivity index (χ0) is 22.5. The molecule has 5 fully saturated rings. The zero-order valence-corrected chi connectivity index (χ0v) is 19.1. The van der Waals surface area contributed by atoms with Crippen molar-refractivity contribution in [1.29, 1.82) is 0 Å². The van der Waals surface area contributed by atoms with Crippen molar-refractivity contribution in [2.75, 3.05) is 31.1 Å². The lowest BCUT2D eigenvalue weighted by Crippen LogP contribution is -2.66. The number of hydrogen-bond donors (Lipinski definition) is 2. The van der Waals surface area contributed by atoms with Gasteiger partial charge in [-0.25, -0.2) is 4.79 Å². The average molecular weight is 442 g/mol. The molecule has 1 aliphatic heterocycles. The van der Waals surface area contributed by atoms with Crippen molar-refractivity contribution in [3.63, 3.8) is 0 Å². The van der Waals surface area contributed by atoms with E-state index in [4.69, 9.17) is 4.74 Å². The van der Waals surface area contributed by atoms with Crippen molar-refractivity contribution >= 4 is 17.7 Å². The highest BCUT2D eigenvalue weighted by Gasteiger charge is 2.58. The Morgan fingerprint density at radius 2 is 1.66 bits per heavy atom. The zero-order valence-electron chi connectivity index (χ0n) is 19.1. The SMILES string of the molecule is CC(C)(C(=O)NC1C2CC3CC1CC(OC(=O)O)(C3)C2)N1CCN(c2ccccc2)CC1. The first-order valence-corrected chi connectivity index (χ1v) is 12.0. The number of ether oxygens (including phenoxy) is 1. The monoisotopic (exact) mass is 441 g/mol. The van der Waals surface area contributed by atoms with Gasteiger partial charge < -0.3 is 20.1 Å². The van der Waals surface area contributed by atoms with E-state index in [-0.39, 0.29) is 11.9 Å². The Hall–Kier alpha value is -2.28. The minimum atomic E-state index is -1.16. The molecule has 0 spiro atoms. The Balaban J connectivity index is 1.21. The number of nitrogens with one attached hydrogen (secondary N) is 1. The van der Waals surface area contributed by atoms with Crippen LogP contribution in [0.3, 0.4) is 0 Å². The molecule has 1 heterocycles. The number of rotatable bonds is 5.